The lowest BCUT2D eigenvalue weighted by atomic mass is 9.92. The average molecular weight is 320 g/mol. The first kappa shape index (κ1) is 16.6. The van der Waals surface area contributed by atoms with Crippen LogP contribution in [-0.2, 0) is 0 Å². The van der Waals surface area contributed by atoms with E-state index < -0.39 is 0 Å². The van der Waals surface area contributed by atoms with Crippen LogP contribution < -0.4 is 10.4 Å². The number of hydrogen-bond donors (Lipinski definition) is 0. The van der Waals surface area contributed by atoms with E-state index in [2.05, 4.69) is 50.9 Å². The van der Waals surface area contributed by atoms with Gasteiger partial charge in [0.15, 0.2) is 0 Å². The van der Waals surface area contributed by atoms with Gasteiger partial charge in [-0.05, 0) is 44.0 Å². The fraction of sp³-hybridized carbons (Fsp3) is 0.350. The topological polar surface area (TPSA) is 23.6 Å². The number of carbonyl (C=O) groups excluding carboxylic acids is 1. The third-order valence-corrected chi connectivity index (χ3v) is 4.87. The highest BCUT2D eigenvalue weighted by molar-refractivity contribution is 6.32. The van der Waals surface area contributed by atoms with Gasteiger partial charge in [-0.25, -0.2) is 0 Å². The maximum Gasteiger partial charge on any atom is 0.254 e. The van der Waals surface area contributed by atoms with Crippen LogP contribution in [0.2, 0.25) is 0 Å². The predicted molar refractivity (Wildman–Crippen MR) is 103 cm³/mol. The van der Waals surface area contributed by atoms with Gasteiger partial charge in [0.05, 0.1) is 0 Å². The van der Waals surface area contributed by atoms with E-state index in [9.17, 15) is 4.79 Å². The molecule has 1 aliphatic rings. The van der Waals surface area contributed by atoms with Crippen molar-refractivity contribution >= 4 is 24.9 Å². The predicted octanol–water partition coefficient (Wildman–Crippen LogP) is 1.83. The van der Waals surface area contributed by atoms with E-state index in [0.29, 0.717) is 0 Å². The Morgan fingerprint density at radius 1 is 0.917 bits per heavy atom. The summed E-state index contributed by atoms with van der Waals surface area (Å²) in [5.41, 5.74) is 6.99. The molecule has 2 aromatic carbocycles. The van der Waals surface area contributed by atoms with Gasteiger partial charge >= 0.3 is 0 Å². The van der Waals surface area contributed by atoms with Gasteiger partial charge in [0, 0.05) is 37.4 Å². The van der Waals surface area contributed by atoms with E-state index >= 15 is 0 Å². The van der Waals surface area contributed by atoms with Gasteiger partial charge in [0.1, 0.15) is 7.85 Å². The molecule has 124 valence electrons. The molecule has 0 saturated carbocycles. The first-order chi connectivity index (χ1) is 11.5. The van der Waals surface area contributed by atoms with E-state index in [4.69, 9.17) is 0 Å². The van der Waals surface area contributed by atoms with Crippen molar-refractivity contribution in [2.75, 3.05) is 31.1 Å². The quantitative estimate of drug-likeness (QED) is 0.788. The minimum Gasteiger partial charge on any atom is -0.368 e. The molecule has 1 fully saturated rings. The summed E-state index contributed by atoms with van der Waals surface area (Å²) in [6.07, 6.45) is 0. The fourth-order valence-electron chi connectivity index (χ4n) is 3.53. The fourth-order valence-corrected chi connectivity index (χ4v) is 3.53. The monoisotopic (exact) mass is 320 g/mol. The van der Waals surface area contributed by atoms with Gasteiger partial charge in [0.25, 0.3) is 5.91 Å². The molecule has 1 saturated heterocycles. The summed E-state index contributed by atoms with van der Waals surface area (Å²) in [6, 6.07) is 12.7. The number of piperazine rings is 1. The zero-order valence-corrected chi connectivity index (χ0v) is 15.1. The summed E-state index contributed by atoms with van der Waals surface area (Å²) in [5, 5.41) is 0. The zero-order valence-electron chi connectivity index (χ0n) is 15.1. The molecule has 3 nitrogen and oxygen atoms in total. The molecule has 3 rings (SSSR count). The van der Waals surface area contributed by atoms with Gasteiger partial charge < -0.3 is 9.80 Å². The molecule has 0 aromatic heterocycles. The Balaban J connectivity index is 1.69. The molecule has 1 heterocycles. The number of hydrogen-bond acceptors (Lipinski definition) is 2. The molecular weight excluding hydrogens is 295 g/mol. The second-order valence-corrected chi connectivity index (χ2v) is 6.89. The summed E-state index contributed by atoms with van der Waals surface area (Å²) in [5.74, 6) is 0.160. The SMILES string of the molecule is Bc1ccc(C(=O)N2CCN(c3ccc(C)cc3C)CC2)c(C)c1. The summed E-state index contributed by atoms with van der Waals surface area (Å²) >= 11 is 0. The molecule has 2 aromatic rings. The molecule has 0 bridgehead atoms. The molecule has 1 aliphatic heterocycles. The first-order valence-corrected chi connectivity index (χ1v) is 8.64. The molecule has 0 N–H and O–H groups in total. The van der Waals surface area contributed by atoms with E-state index in [-0.39, 0.29) is 5.91 Å². The molecule has 0 radical (unpaired) electrons. The summed E-state index contributed by atoms with van der Waals surface area (Å²) < 4.78 is 0. The van der Waals surface area contributed by atoms with Crippen LogP contribution in [0.25, 0.3) is 0 Å². The summed E-state index contributed by atoms with van der Waals surface area (Å²) in [4.78, 5) is 17.2. The third kappa shape index (κ3) is 3.33. The first-order valence-electron chi connectivity index (χ1n) is 8.64. The van der Waals surface area contributed by atoms with Crippen LogP contribution >= 0.6 is 0 Å². The Morgan fingerprint density at radius 2 is 1.62 bits per heavy atom. The second kappa shape index (κ2) is 6.72. The van der Waals surface area contributed by atoms with Gasteiger partial charge in [-0.3, -0.25) is 4.79 Å². The van der Waals surface area contributed by atoms with Gasteiger partial charge in [-0.1, -0.05) is 35.3 Å². The van der Waals surface area contributed by atoms with Crippen LogP contribution in [0.15, 0.2) is 36.4 Å². The molecule has 0 aliphatic carbocycles. The third-order valence-electron chi connectivity index (χ3n) is 4.87. The van der Waals surface area contributed by atoms with Gasteiger partial charge in [-0.15, -0.1) is 0 Å². The Bertz CT molecular complexity index is 764. The molecular formula is C20H25BN2O. The lowest BCUT2D eigenvalue weighted by Gasteiger charge is -2.37. The van der Waals surface area contributed by atoms with Crippen molar-refractivity contribution in [3.8, 4) is 0 Å². The molecule has 0 spiro atoms. The largest absolute Gasteiger partial charge is 0.368 e. The number of rotatable bonds is 2. The van der Waals surface area contributed by atoms with Gasteiger partial charge in [-0.2, -0.15) is 0 Å². The Labute approximate surface area is 145 Å². The maximum absolute atomic E-state index is 12.8. The van der Waals surface area contributed by atoms with Crippen molar-refractivity contribution in [1.82, 2.24) is 4.90 Å². The Kier molecular flexibility index (Phi) is 4.65. The van der Waals surface area contributed by atoms with E-state index in [1.807, 2.05) is 24.0 Å². The van der Waals surface area contributed by atoms with Crippen molar-refractivity contribution in [3.63, 3.8) is 0 Å². The van der Waals surface area contributed by atoms with Crippen molar-refractivity contribution in [3.05, 3.63) is 58.7 Å². The highest BCUT2D eigenvalue weighted by Crippen LogP contribution is 2.23. The number of carbonyl (C=O) groups is 1. The number of nitrogens with zero attached hydrogens (tertiary/aromatic N) is 2. The minimum absolute atomic E-state index is 0.160. The number of amides is 1. The van der Waals surface area contributed by atoms with Crippen molar-refractivity contribution in [2.24, 2.45) is 0 Å². The molecule has 0 atom stereocenters. The highest BCUT2D eigenvalue weighted by Gasteiger charge is 2.23. The van der Waals surface area contributed by atoms with Crippen LogP contribution in [-0.4, -0.2) is 44.8 Å². The minimum atomic E-state index is 0.160. The molecule has 1 amide bonds. The number of benzene rings is 2. The number of aryl methyl sites for hydroxylation is 3. The van der Waals surface area contributed by atoms with E-state index in [0.717, 1.165) is 37.3 Å². The highest BCUT2D eigenvalue weighted by atomic mass is 16.2. The van der Waals surface area contributed by atoms with Gasteiger partial charge in [0.2, 0.25) is 0 Å². The molecule has 0 unspecified atom stereocenters. The number of anilines is 1. The van der Waals surface area contributed by atoms with E-state index in [1.54, 1.807) is 0 Å². The summed E-state index contributed by atoms with van der Waals surface area (Å²) in [7, 11) is 2.06. The van der Waals surface area contributed by atoms with Crippen molar-refractivity contribution < 1.29 is 4.79 Å². The zero-order chi connectivity index (χ0) is 17.3. The summed E-state index contributed by atoms with van der Waals surface area (Å²) in [6.45, 7) is 9.64. The van der Waals surface area contributed by atoms with Crippen LogP contribution in [0.4, 0.5) is 5.69 Å². The smallest absolute Gasteiger partial charge is 0.254 e. The lowest BCUT2D eigenvalue weighted by Crippen LogP contribution is -2.49. The molecule has 4 heteroatoms. The average Bonchev–Trinajstić information content (AvgIpc) is 2.54. The lowest BCUT2D eigenvalue weighted by molar-refractivity contribution is 0.0746. The Morgan fingerprint density at radius 3 is 2.25 bits per heavy atom. The molecule has 24 heavy (non-hydrogen) atoms. The second-order valence-electron chi connectivity index (χ2n) is 6.89. The van der Waals surface area contributed by atoms with Crippen LogP contribution in [0.1, 0.15) is 27.0 Å². The standard InChI is InChI=1S/C20H25BN2O/c1-14-4-7-19(16(3)12-14)22-8-10-23(11-9-22)20(24)18-6-5-17(21)13-15(18)2/h4-7,12-13H,8-11,21H2,1-3H3. The van der Waals surface area contributed by atoms with Crippen molar-refractivity contribution in [1.29, 1.82) is 0 Å². The van der Waals surface area contributed by atoms with Crippen LogP contribution in [0, 0.1) is 20.8 Å². The Hall–Kier alpha value is -2.23. The van der Waals surface area contributed by atoms with Crippen LogP contribution in [0.5, 0.6) is 0 Å². The van der Waals surface area contributed by atoms with E-state index in [1.165, 1.54) is 22.3 Å². The maximum atomic E-state index is 12.8. The van der Waals surface area contributed by atoms with Crippen LogP contribution in [0.3, 0.4) is 0 Å². The van der Waals surface area contributed by atoms with Crippen molar-refractivity contribution in [2.45, 2.75) is 20.8 Å². The normalized spacial score (nSPS) is 14.8.